The summed E-state index contributed by atoms with van der Waals surface area (Å²) in [7, 11) is 0. The topological polar surface area (TPSA) is 61.4 Å². The second kappa shape index (κ2) is 11.5. The van der Waals surface area contributed by atoms with Gasteiger partial charge in [0.1, 0.15) is 5.82 Å². The van der Waals surface area contributed by atoms with Crippen LogP contribution in [0.4, 0.5) is 0 Å². The predicted molar refractivity (Wildman–Crippen MR) is 204 cm³/mol. The van der Waals surface area contributed by atoms with E-state index in [0.29, 0.717) is 17.5 Å². The highest BCUT2D eigenvalue weighted by atomic mass is 15.1. The Morgan fingerprint density at radius 1 is 0.440 bits per heavy atom. The Bertz CT molecular complexity index is 2750. The first-order valence-electron chi connectivity index (χ1n) is 17.0. The molecule has 0 fully saturated rings. The van der Waals surface area contributed by atoms with Crippen molar-refractivity contribution < 1.29 is 0 Å². The standard InChI is InChI=1S/C44H30N6/c1-4-14-29(15-5-1)42-46-43(30-16-6-2-7-17-30)48-44(47-42)31-24-25-45-41(26-31)50-38-23-13-11-21-34(38)36-27-35-33-20-10-12-22-37(33)49(39(35)28-40(36)50)32-18-8-3-9-19-32/h1-2,4-8,10-28H,3,9H2. The highest BCUT2D eigenvalue weighted by Gasteiger charge is 2.20. The van der Waals surface area contributed by atoms with Crippen molar-refractivity contribution in [2.24, 2.45) is 0 Å². The lowest BCUT2D eigenvalue weighted by atomic mass is 10.1. The maximum atomic E-state index is 5.00. The second-order valence-electron chi connectivity index (χ2n) is 12.6. The quantitative estimate of drug-likeness (QED) is 0.187. The third kappa shape index (κ3) is 4.57. The molecule has 0 radical (unpaired) electrons. The number of hydrogen-bond donors (Lipinski definition) is 0. The van der Waals surface area contributed by atoms with Gasteiger partial charge in [-0.3, -0.25) is 4.57 Å². The highest BCUT2D eigenvalue weighted by Crippen LogP contribution is 2.40. The summed E-state index contributed by atoms with van der Waals surface area (Å²) >= 11 is 0. The monoisotopic (exact) mass is 642 g/mol. The van der Waals surface area contributed by atoms with Gasteiger partial charge >= 0.3 is 0 Å². The molecular formula is C44H30N6. The average molecular weight is 643 g/mol. The minimum atomic E-state index is 0.598. The van der Waals surface area contributed by atoms with Crippen LogP contribution in [0.1, 0.15) is 12.8 Å². The molecule has 4 aromatic heterocycles. The van der Waals surface area contributed by atoms with Crippen LogP contribution in [0, 0.1) is 0 Å². The van der Waals surface area contributed by atoms with Crippen molar-refractivity contribution in [2.45, 2.75) is 12.8 Å². The first kappa shape index (κ1) is 28.4. The molecule has 6 heteroatoms. The Labute approximate surface area is 288 Å². The molecule has 0 saturated heterocycles. The molecule has 10 rings (SSSR count). The van der Waals surface area contributed by atoms with Crippen molar-refractivity contribution in [3.05, 3.63) is 158 Å². The minimum Gasteiger partial charge on any atom is -0.310 e. The zero-order chi connectivity index (χ0) is 33.0. The lowest BCUT2D eigenvalue weighted by Gasteiger charge is -2.13. The van der Waals surface area contributed by atoms with Gasteiger partial charge in [-0.05, 0) is 55.3 Å². The molecule has 236 valence electrons. The van der Waals surface area contributed by atoms with Crippen molar-refractivity contribution in [1.29, 1.82) is 0 Å². The van der Waals surface area contributed by atoms with Crippen LogP contribution in [0.15, 0.2) is 158 Å². The van der Waals surface area contributed by atoms with Crippen LogP contribution in [0.2, 0.25) is 0 Å². The second-order valence-corrected chi connectivity index (χ2v) is 12.6. The Hall–Kier alpha value is -6.66. The van der Waals surface area contributed by atoms with Crippen LogP contribution in [0.25, 0.3) is 89.3 Å². The van der Waals surface area contributed by atoms with Crippen LogP contribution < -0.4 is 0 Å². The van der Waals surface area contributed by atoms with Gasteiger partial charge in [0.05, 0.1) is 22.1 Å². The fourth-order valence-electron chi connectivity index (χ4n) is 7.34. The molecule has 0 bridgehead atoms. The number of benzene rings is 5. The van der Waals surface area contributed by atoms with Gasteiger partial charge < -0.3 is 4.57 Å². The summed E-state index contributed by atoms with van der Waals surface area (Å²) in [6, 6.07) is 46.2. The average Bonchev–Trinajstić information content (AvgIpc) is 3.70. The van der Waals surface area contributed by atoms with Crippen LogP contribution in [-0.4, -0.2) is 29.1 Å². The van der Waals surface area contributed by atoms with E-state index < -0.39 is 0 Å². The van der Waals surface area contributed by atoms with Crippen LogP contribution in [0.5, 0.6) is 0 Å². The van der Waals surface area contributed by atoms with E-state index in [2.05, 4.69) is 94.1 Å². The molecule has 0 spiro atoms. The van der Waals surface area contributed by atoms with E-state index in [9.17, 15) is 0 Å². The molecule has 5 aromatic carbocycles. The molecule has 50 heavy (non-hydrogen) atoms. The molecule has 0 N–H and O–H groups in total. The molecule has 0 aliphatic heterocycles. The molecule has 0 unspecified atom stereocenters. The molecule has 0 amide bonds. The lowest BCUT2D eigenvalue weighted by Crippen LogP contribution is -2.02. The van der Waals surface area contributed by atoms with Crippen molar-refractivity contribution in [1.82, 2.24) is 29.1 Å². The van der Waals surface area contributed by atoms with Crippen LogP contribution in [0.3, 0.4) is 0 Å². The summed E-state index contributed by atoms with van der Waals surface area (Å²) < 4.78 is 4.69. The number of hydrogen-bond acceptors (Lipinski definition) is 4. The summed E-state index contributed by atoms with van der Waals surface area (Å²) in [6.07, 6.45) is 10.8. The van der Waals surface area contributed by atoms with Gasteiger partial charge in [0.15, 0.2) is 17.5 Å². The van der Waals surface area contributed by atoms with Gasteiger partial charge in [0.25, 0.3) is 0 Å². The normalized spacial score (nSPS) is 13.1. The van der Waals surface area contributed by atoms with Gasteiger partial charge in [0, 0.05) is 50.1 Å². The SMILES string of the molecule is C1=CC(n2c3ccccc3c3cc4c5ccccc5n(-c5cc(-c6nc(-c7ccccc7)nc(-c7ccccc7)n6)ccn5)c4cc32)=CCC1. The number of nitrogens with zero attached hydrogens (tertiary/aromatic N) is 6. The Balaban J connectivity index is 1.21. The van der Waals surface area contributed by atoms with Gasteiger partial charge in [-0.25, -0.2) is 19.9 Å². The largest absolute Gasteiger partial charge is 0.310 e. The molecular weight excluding hydrogens is 613 g/mol. The fraction of sp³-hybridized carbons (Fsp3) is 0.0455. The highest BCUT2D eigenvalue weighted by molar-refractivity contribution is 6.19. The number of aromatic nitrogens is 6. The van der Waals surface area contributed by atoms with E-state index in [1.54, 1.807) is 0 Å². The van der Waals surface area contributed by atoms with Crippen molar-refractivity contribution >= 4 is 49.3 Å². The van der Waals surface area contributed by atoms with Crippen molar-refractivity contribution in [3.63, 3.8) is 0 Å². The first-order chi connectivity index (χ1) is 24.8. The third-order valence-corrected chi connectivity index (χ3v) is 9.63. The van der Waals surface area contributed by atoms with Gasteiger partial charge in [-0.2, -0.15) is 0 Å². The molecule has 6 nitrogen and oxygen atoms in total. The van der Waals surface area contributed by atoms with E-state index in [0.717, 1.165) is 46.4 Å². The third-order valence-electron chi connectivity index (χ3n) is 9.63. The van der Waals surface area contributed by atoms with Crippen LogP contribution >= 0.6 is 0 Å². The number of rotatable bonds is 5. The summed E-state index contributed by atoms with van der Waals surface area (Å²) in [5.41, 5.74) is 8.53. The number of allylic oxidation sites excluding steroid dienone is 4. The molecule has 0 saturated carbocycles. The summed E-state index contributed by atoms with van der Waals surface area (Å²) in [6.45, 7) is 0. The van der Waals surface area contributed by atoms with E-state index in [-0.39, 0.29) is 0 Å². The maximum Gasteiger partial charge on any atom is 0.164 e. The summed E-state index contributed by atoms with van der Waals surface area (Å²) in [4.78, 5) is 19.9. The zero-order valence-corrected chi connectivity index (χ0v) is 27.1. The Morgan fingerprint density at radius 2 is 1.00 bits per heavy atom. The van der Waals surface area contributed by atoms with E-state index in [4.69, 9.17) is 19.9 Å². The molecule has 1 aliphatic rings. The summed E-state index contributed by atoms with van der Waals surface area (Å²) in [5, 5.41) is 4.86. The lowest BCUT2D eigenvalue weighted by molar-refractivity contribution is 1.02. The Morgan fingerprint density at radius 3 is 1.62 bits per heavy atom. The number of fused-ring (bicyclic) bond motifs is 6. The number of pyridine rings is 1. The van der Waals surface area contributed by atoms with E-state index >= 15 is 0 Å². The molecule has 0 atom stereocenters. The zero-order valence-electron chi connectivity index (χ0n) is 27.1. The van der Waals surface area contributed by atoms with E-state index in [1.165, 1.54) is 38.3 Å². The number of para-hydroxylation sites is 2. The van der Waals surface area contributed by atoms with Crippen LogP contribution in [-0.2, 0) is 0 Å². The van der Waals surface area contributed by atoms with Crippen molar-refractivity contribution in [3.8, 4) is 40.0 Å². The van der Waals surface area contributed by atoms with Gasteiger partial charge in [-0.15, -0.1) is 0 Å². The molecule has 1 aliphatic carbocycles. The fourth-order valence-corrected chi connectivity index (χ4v) is 7.34. The smallest absolute Gasteiger partial charge is 0.164 e. The first-order valence-corrected chi connectivity index (χ1v) is 17.0. The minimum absolute atomic E-state index is 0.598. The molecule has 9 aromatic rings. The van der Waals surface area contributed by atoms with Crippen molar-refractivity contribution in [2.75, 3.05) is 0 Å². The maximum absolute atomic E-state index is 5.00. The predicted octanol–water partition coefficient (Wildman–Crippen LogP) is 10.7. The van der Waals surface area contributed by atoms with E-state index in [1.807, 2.05) is 72.9 Å². The van der Waals surface area contributed by atoms with Gasteiger partial charge in [-0.1, -0.05) is 109 Å². The molecule has 4 heterocycles. The van der Waals surface area contributed by atoms with Gasteiger partial charge in [0.2, 0.25) is 0 Å². The summed E-state index contributed by atoms with van der Waals surface area (Å²) in [5.74, 6) is 2.66. The Kier molecular flexibility index (Phi) is 6.52.